The highest BCUT2D eigenvalue weighted by atomic mass is 79.9. The van der Waals surface area contributed by atoms with Gasteiger partial charge in [-0.25, -0.2) is 9.78 Å². The molecule has 0 radical (unpaired) electrons. The second-order valence-electron chi connectivity index (χ2n) is 4.16. The van der Waals surface area contributed by atoms with Gasteiger partial charge in [0, 0.05) is 16.7 Å². The van der Waals surface area contributed by atoms with Gasteiger partial charge in [0.2, 0.25) is 0 Å². The quantitative estimate of drug-likeness (QED) is 0.901. The molecule has 1 aromatic carbocycles. The Morgan fingerprint density at radius 2 is 2.16 bits per heavy atom. The van der Waals surface area contributed by atoms with E-state index >= 15 is 0 Å². The summed E-state index contributed by atoms with van der Waals surface area (Å²) in [5, 5.41) is 12.0. The molecule has 1 unspecified atom stereocenters. The third-order valence-electron chi connectivity index (χ3n) is 2.72. The van der Waals surface area contributed by atoms with E-state index in [1.807, 2.05) is 31.2 Å². The normalized spacial score (nSPS) is 11.9. The second-order valence-corrected chi connectivity index (χ2v) is 5.07. The second kappa shape index (κ2) is 5.84. The predicted molar refractivity (Wildman–Crippen MR) is 77.4 cm³/mol. The van der Waals surface area contributed by atoms with Crippen LogP contribution in [0.2, 0.25) is 0 Å². The van der Waals surface area contributed by atoms with Crippen molar-refractivity contribution in [2.24, 2.45) is 0 Å². The maximum absolute atomic E-state index is 10.7. The van der Waals surface area contributed by atoms with Crippen LogP contribution in [0.5, 0.6) is 0 Å². The number of nitrogens with one attached hydrogen (secondary N) is 1. The third kappa shape index (κ3) is 3.54. The van der Waals surface area contributed by atoms with Gasteiger partial charge in [-0.05, 0) is 36.8 Å². The molecule has 0 saturated carbocycles. The van der Waals surface area contributed by atoms with E-state index in [4.69, 9.17) is 5.11 Å². The van der Waals surface area contributed by atoms with Crippen LogP contribution in [0.1, 0.15) is 28.9 Å². The molecule has 0 aliphatic carbocycles. The number of benzene rings is 1. The molecule has 0 amide bonds. The van der Waals surface area contributed by atoms with E-state index in [1.54, 1.807) is 6.07 Å². The molecule has 1 atom stereocenters. The first-order valence-electron chi connectivity index (χ1n) is 5.77. The highest BCUT2D eigenvalue weighted by Gasteiger charge is 2.07. The summed E-state index contributed by atoms with van der Waals surface area (Å²) in [6.45, 7) is 2.02. The van der Waals surface area contributed by atoms with Gasteiger partial charge in [-0.2, -0.15) is 0 Å². The van der Waals surface area contributed by atoms with Crippen molar-refractivity contribution in [3.63, 3.8) is 0 Å². The fraction of sp³-hybridized carbons (Fsp3) is 0.143. The van der Waals surface area contributed by atoms with Gasteiger partial charge >= 0.3 is 5.97 Å². The summed E-state index contributed by atoms with van der Waals surface area (Å²) in [7, 11) is 0. The molecule has 0 aliphatic heterocycles. The van der Waals surface area contributed by atoms with Gasteiger partial charge < -0.3 is 10.4 Å². The van der Waals surface area contributed by atoms with Crippen molar-refractivity contribution in [3.8, 4) is 0 Å². The summed E-state index contributed by atoms with van der Waals surface area (Å²) in [6, 6.07) is 11.3. The van der Waals surface area contributed by atoms with Crippen molar-refractivity contribution >= 4 is 27.7 Å². The van der Waals surface area contributed by atoms with Crippen molar-refractivity contribution < 1.29 is 9.90 Å². The third-order valence-corrected chi connectivity index (χ3v) is 3.22. The summed E-state index contributed by atoms with van der Waals surface area (Å²) in [6.07, 6.45) is 1.35. The zero-order valence-electron chi connectivity index (χ0n) is 10.3. The van der Waals surface area contributed by atoms with Crippen LogP contribution >= 0.6 is 15.9 Å². The Balaban J connectivity index is 2.10. The highest BCUT2D eigenvalue weighted by molar-refractivity contribution is 9.10. The molecule has 0 aliphatic rings. The van der Waals surface area contributed by atoms with Crippen LogP contribution in [0.25, 0.3) is 0 Å². The van der Waals surface area contributed by atoms with Crippen molar-refractivity contribution in [3.05, 3.63) is 58.2 Å². The molecule has 0 spiro atoms. The molecule has 0 saturated heterocycles. The molecule has 1 heterocycles. The van der Waals surface area contributed by atoms with Gasteiger partial charge in [-0.1, -0.05) is 28.1 Å². The van der Waals surface area contributed by atoms with Gasteiger partial charge in [0.1, 0.15) is 5.82 Å². The van der Waals surface area contributed by atoms with Crippen molar-refractivity contribution in [2.45, 2.75) is 13.0 Å². The SMILES string of the molecule is CC(Nc1ccc(C(=O)O)cn1)c1cccc(Br)c1. The molecule has 5 heteroatoms. The molecule has 2 aromatic rings. The monoisotopic (exact) mass is 320 g/mol. The lowest BCUT2D eigenvalue weighted by atomic mass is 10.1. The van der Waals surface area contributed by atoms with E-state index < -0.39 is 5.97 Å². The molecule has 2 rings (SSSR count). The summed E-state index contributed by atoms with van der Waals surface area (Å²) >= 11 is 3.43. The summed E-state index contributed by atoms with van der Waals surface area (Å²) in [5.41, 5.74) is 1.30. The Morgan fingerprint density at radius 1 is 1.37 bits per heavy atom. The Kier molecular flexibility index (Phi) is 4.16. The van der Waals surface area contributed by atoms with Crippen LogP contribution in [-0.4, -0.2) is 16.1 Å². The molecule has 4 nitrogen and oxygen atoms in total. The van der Waals surface area contributed by atoms with Gasteiger partial charge in [-0.15, -0.1) is 0 Å². The first-order chi connectivity index (χ1) is 9.06. The average molecular weight is 321 g/mol. The fourth-order valence-electron chi connectivity index (χ4n) is 1.69. The van der Waals surface area contributed by atoms with Crippen molar-refractivity contribution in [2.75, 3.05) is 5.32 Å². The molecule has 2 N–H and O–H groups in total. The molecule has 0 bridgehead atoms. The molecular formula is C14H13BrN2O2. The number of carbonyl (C=O) groups is 1. The van der Waals surface area contributed by atoms with Crippen LogP contribution in [0.4, 0.5) is 5.82 Å². The predicted octanol–water partition coefficient (Wildman–Crippen LogP) is 3.72. The largest absolute Gasteiger partial charge is 0.478 e. The zero-order valence-corrected chi connectivity index (χ0v) is 11.9. The fourth-order valence-corrected chi connectivity index (χ4v) is 2.10. The maximum Gasteiger partial charge on any atom is 0.337 e. The van der Waals surface area contributed by atoms with Gasteiger partial charge in [0.05, 0.1) is 5.56 Å². The van der Waals surface area contributed by atoms with Gasteiger partial charge in [0.15, 0.2) is 0 Å². The number of aromatic carboxylic acids is 1. The van der Waals surface area contributed by atoms with E-state index in [0.29, 0.717) is 5.82 Å². The lowest BCUT2D eigenvalue weighted by Crippen LogP contribution is -2.08. The van der Waals surface area contributed by atoms with Crippen molar-refractivity contribution in [1.82, 2.24) is 4.98 Å². The molecule has 0 fully saturated rings. The minimum absolute atomic E-state index is 0.0840. The lowest BCUT2D eigenvalue weighted by Gasteiger charge is -2.15. The number of hydrogen-bond acceptors (Lipinski definition) is 3. The standard InChI is InChI=1S/C14H13BrN2O2/c1-9(10-3-2-4-12(15)7-10)17-13-6-5-11(8-16-13)14(18)19/h2-9H,1H3,(H,16,17)(H,18,19). The Morgan fingerprint density at radius 3 is 2.74 bits per heavy atom. The Labute approximate surface area is 119 Å². The number of anilines is 1. The van der Waals surface area contributed by atoms with E-state index in [0.717, 1.165) is 10.0 Å². The first kappa shape index (κ1) is 13.5. The van der Waals surface area contributed by atoms with Crippen LogP contribution in [0.15, 0.2) is 47.1 Å². The van der Waals surface area contributed by atoms with E-state index in [9.17, 15) is 4.79 Å². The van der Waals surface area contributed by atoms with Gasteiger partial charge in [0.25, 0.3) is 0 Å². The maximum atomic E-state index is 10.7. The number of rotatable bonds is 4. The summed E-state index contributed by atoms with van der Waals surface area (Å²) in [5.74, 6) is -0.323. The number of pyridine rings is 1. The lowest BCUT2D eigenvalue weighted by molar-refractivity contribution is 0.0696. The minimum atomic E-state index is -0.973. The Bertz CT molecular complexity index is 584. The number of carboxylic acid groups (broad SMARTS) is 1. The van der Waals surface area contributed by atoms with Crippen LogP contribution in [-0.2, 0) is 0 Å². The molecular weight excluding hydrogens is 308 g/mol. The zero-order chi connectivity index (χ0) is 13.8. The number of hydrogen-bond donors (Lipinski definition) is 2. The first-order valence-corrected chi connectivity index (χ1v) is 6.57. The minimum Gasteiger partial charge on any atom is -0.478 e. The van der Waals surface area contributed by atoms with Crippen LogP contribution in [0.3, 0.4) is 0 Å². The summed E-state index contributed by atoms with van der Waals surface area (Å²) in [4.78, 5) is 14.8. The Hall–Kier alpha value is -1.88. The van der Waals surface area contributed by atoms with E-state index in [2.05, 4.69) is 26.2 Å². The number of carboxylic acids is 1. The van der Waals surface area contributed by atoms with Gasteiger partial charge in [-0.3, -0.25) is 0 Å². The molecule has 19 heavy (non-hydrogen) atoms. The molecule has 98 valence electrons. The topological polar surface area (TPSA) is 62.2 Å². The number of aromatic nitrogens is 1. The number of halogens is 1. The van der Waals surface area contributed by atoms with Crippen LogP contribution < -0.4 is 5.32 Å². The molecule has 1 aromatic heterocycles. The van der Waals surface area contributed by atoms with Crippen LogP contribution in [0, 0.1) is 0 Å². The number of nitrogens with zero attached hydrogens (tertiary/aromatic N) is 1. The van der Waals surface area contributed by atoms with Crippen molar-refractivity contribution in [1.29, 1.82) is 0 Å². The average Bonchev–Trinajstić information content (AvgIpc) is 2.39. The summed E-state index contributed by atoms with van der Waals surface area (Å²) < 4.78 is 1.02. The highest BCUT2D eigenvalue weighted by Crippen LogP contribution is 2.21. The smallest absolute Gasteiger partial charge is 0.337 e. The van der Waals surface area contributed by atoms with E-state index in [-0.39, 0.29) is 11.6 Å². The van der Waals surface area contributed by atoms with E-state index in [1.165, 1.54) is 12.3 Å².